The molecular formula is C68H45N3. The third-order valence-electron chi connectivity index (χ3n) is 16.0. The van der Waals surface area contributed by atoms with Gasteiger partial charge in [0, 0.05) is 45.9 Å². The van der Waals surface area contributed by atoms with Crippen molar-refractivity contribution >= 4 is 72.0 Å². The highest BCUT2D eigenvalue weighted by Gasteiger charge is 2.46. The highest BCUT2D eigenvalue weighted by molar-refractivity contribution is 6.26. The molecule has 1 aliphatic heterocycles. The van der Waals surface area contributed by atoms with Crippen LogP contribution in [-0.4, -0.2) is 16.2 Å². The summed E-state index contributed by atoms with van der Waals surface area (Å²) in [7, 11) is 0. The molecule has 0 fully saturated rings. The highest BCUT2D eigenvalue weighted by Crippen LogP contribution is 2.58. The van der Waals surface area contributed by atoms with E-state index in [-0.39, 0.29) is 5.92 Å². The van der Waals surface area contributed by atoms with Crippen LogP contribution >= 0.6 is 0 Å². The van der Waals surface area contributed by atoms with E-state index in [1.54, 1.807) is 0 Å². The first-order chi connectivity index (χ1) is 35.2. The third-order valence-corrected chi connectivity index (χ3v) is 16.0. The summed E-state index contributed by atoms with van der Waals surface area (Å²) < 4.78 is 0. The molecule has 0 saturated heterocycles. The van der Waals surface area contributed by atoms with Gasteiger partial charge in [-0.25, -0.2) is 0 Å². The molecule has 3 nitrogen and oxygen atoms in total. The first kappa shape index (κ1) is 40.1. The molecule has 0 N–H and O–H groups in total. The number of hydrogen-bond acceptors (Lipinski definition) is 3. The van der Waals surface area contributed by atoms with Gasteiger partial charge in [0.1, 0.15) is 0 Å². The Balaban J connectivity index is 0.883. The summed E-state index contributed by atoms with van der Waals surface area (Å²) in [5.74, 6) is 0.203. The Morgan fingerprint density at radius 3 is 2.03 bits per heavy atom. The maximum absolute atomic E-state index is 5.61. The van der Waals surface area contributed by atoms with Crippen molar-refractivity contribution in [1.82, 2.24) is 9.97 Å². The molecule has 71 heavy (non-hydrogen) atoms. The normalized spacial score (nSPS) is 15.3. The van der Waals surface area contributed by atoms with E-state index in [4.69, 9.17) is 15.0 Å². The van der Waals surface area contributed by atoms with E-state index in [0.29, 0.717) is 0 Å². The van der Waals surface area contributed by atoms with E-state index in [0.717, 1.165) is 47.1 Å². The number of fused-ring (bicyclic) bond motifs is 15. The van der Waals surface area contributed by atoms with Crippen molar-refractivity contribution in [3.63, 3.8) is 0 Å². The van der Waals surface area contributed by atoms with E-state index < -0.39 is 5.41 Å². The quantitative estimate of drug-likeness (QED) is 0.161. The molecule has 3 heteroatoms. The zero-order valence-corrected chi connectivity index (χ0v) is 39.0. The summed E-state index contributed by atoms with van der Waals surface area (Å²) in [6.45, 7) is 0. The molecule has 1 atom stereocenters. The van der Waals surface area contributed by atoms with Gasteiger partial charge in [0.2, 0.25) is 0 Å². The van der Waals surface area contributed by atoms with Crippen LogP contribution in [0.15, 0.2) is 224 Å². The molecule has 332 valence electrons. The number of allylic oxidation sites excluding steroid dienone is 1. The maximum atomic E-state index is 5.61. The summed E-state index contributed by atoms with van der Waals surface area (Å²) in [6, 6.07) is 77.1. The Hall–Kier alpha value is -8.79. The fourth-order valence-corrected chi connectivity index (χ4v) is 12.8. The van der Waals surface area contributed by atoms with Crippen LogP contribution in [-0.2, 0) is 11.8 Å². The zero-order chi connectivity index (χ0) is 46.6. The van der Waals surface area contributed by atoms with E-state index in [1.165, 1.54) is 110 Å². The average Bonchev–Trinajstić information content (AvgIpc) is 3.74. The van der Waals surface area contributed by atoms with E-state index >= 15 is 0 Å². The average molecular weight is 904 g/mol. The minimum absolute atomic E-state index is 0.203. The molecule has 2 aromatic heterocycles. The predicted molar refractivity (Wildman–Crippen MR) is 296 cm³/mol. The molecule has 0 bridgehead atoms. The van der Waals surface area contributed by atoms with E-state index in [2.05, 4.69) is 219 Å². The van der Waals surface area contributed by atoms with Crippen molar-refractivity contribution in [1.29, 1.82) is 0 Å². The van der Waals surface area contributed by atoms with Crippen LogP contribution in [0.3, 0.4) is 0 Å². The van der Waals surface area contributed by atoms with Crippen molar-refractivity contribution in [2.75, 3.05) is 0 Å². The van der Waals surface area contributed by atoms with Crippen LogP contribution in [0.25, 0.3) is 93.6 Å². The van der Waals surface area contributed by atoms with Gasteiger partial charge in [-0.2, -0.15) is 0 Å². The van der Waals surface area contributed by atoms with Crippen LogP contribution in [0.2, 0.25) is 0 Å². The lowest BCUT2D eigenvalue weighted by Crippen LogP contribution is -2.28. The maximum Gasteiger partial charge on any atom is 0.0961 e. The van der Waals surface area contributed by atoms with Gasteiger partial charge in [-0.05, 0) is 149 Å². The highest BCUT2D eigenvalue weighted by atomic mass is 14.8. The van der Waals surface area contributed by atoms with Gasteiger partial charge in [-0.15, -0.1) is 0 Å². The molecule has 3 heterocycles. The molecule has 2 aliphatic carbocycles. The monoisotopic (exact) mass is 903 g/mol. The minimum Gasteiger partial charge on any atom is -0.259 e. The van der Waals surface area contributed by atoms with Crippen LogP contribution < -0.4 is 0 Å². The number of pyridine rings is 2. The lowest BCUT2D eigenvalue weighted by molar-refractivity contribution is 0.769. The van der Waals surface area contributed by atoms with Crippen LogP contribution in [0.1, 0.15) is 63.4 Å². The SMILES string of the molecule is C1=Cc2c(nc(-c3cccc(-c4ccc5c6ccc(C7CC=Nc8c7ccc7cccnc87)cc6c6ccccc6c5c4)c3)c3cc4c(cc23)C(c2ccccc2)(c2ccccc2)c2ccccc2-4)CC1. The van der Waals surface area contributed by atoms with Gasteiger partial charge in [-0.1, -0.05) is 182 Å². The van der Waals surface area contributed by atoms with Gasteiger partial charge in [-0.3, -0.25) is 15.0 Å². The van der Waals surface area contributed by atoms with Gasteiger partial charge in [0.05, 0.1) is 22.3 Å². The second-order valence-corrected chi connectivity index (χ2v) is 19.6. The zero-order valence-electron chi connectivity index (χ0n) is 39.0. The summed E-state index contributed by atoms with van der Waals surface area (Å²) >= 11 is 0. The predicted octanol–water partition coefficient (Wildman–Crippen LogP) is 17.1. The van der Waals surface area contributed by atoms with E-state index in [1.807, 2.05) is 12.3 Å². The first-order valence-corrected chi connectivity index (χ1v) is 25.0. The molecule has 0 saturated carbocycles. The standard InChI is InChI=1S/C68H45N3/c1-3-18-47(19-4-1)68(48-20-5-2-6-21-48)62-26-11-9-24-54(62)60-40-61-59(41-63(60)68)55-25-10-12-27-64(55)71-65(61)46-16-13-15-43(37-46)44-29-31-52-53-32-30-45(39-58(53)51-23-8-7-22-50(51)57(52)38-44)49-34-36-70-67-56(49)33-28-42-17-14-35-69-66(42)67/h1-11,13-26,28-33,35-41,49H,12,27,34H2. The molecule has 0 radical (unpaired) electrons. The van der Waals surface area contributed by atoms with Crippen molar-refractivity contribution in [2.24, 2.45) is 4.99 Å². The number of benzene rings is 10. The largest absolute Gasteiger partial charge is 0.259 e. The lowest BCUT2D eigenvalue weighted by atomic mass is 9.67. The Labute approximate surface area is 412 Å². The van der Waals surface area contributed by atoms with Crippen molar-refractivity contribution < 1.29 is 0 Å². The number of nitrogens with zero attached hydrogens (tertiary/aromatic N) is 3. The molecule has 10 aromatic carbocycles. The van der Waals surface area contributed by atoms with Crippen molar-refractivity contribution in [2.45, 2.75) is 30.6 Å². The molecular weight excluding hydrogens is 859 g/mol. The van der Waals surface area contributed by atoms with Crippen molar-refractivity contribution in [3.8, 4) is 33.5 Å². The first-order valence-electron chi connectivity index (χ1n) is 25.0. The summed E-state index contributed by atoms with van der Waals surface area (Å²) in [5, 5.41) is 11.2. The number of hydrogen-bond donors (Lipinski definition) is 0. The van der Waals surface area contributed by atoms with Crippen molar-refractivity contribution in [3.05, 3.63) is 263 Å². The Bertz CT molecular complexity index is 4200. The molecule has 15 rings (SSSR count). The fourth-order valence-electron chi connectivity index (χ4n) is 12.8. The molecule has 3 aliphatic rings. The van der Waals surface area contributed by atoms with Crippen LogP contribution in [0, 0.1) is 0 Å². The Morgan fingerprint density at radius 1 is 0.479 bits per heavy atom. The lowest BCUT2D eigenvalue weighted by Gasteiger charge is -2.34. The smallest absolute Gasteiger partial charge is 0.0961 e. The number of rotatable bonds is 5. The topological polar surface area (TPSA) is 38.1 Å². The summed E-state index contributed by atoms with van der Waals surface area (Å²) in [5.41, 5.74) is 18.7. The van der Waals surface area contributed by atoms with E-state index in [9.17, 15) is 0 Å². The van der Waals surface area contributed by atoms with Gasteiger partial charge in [0.25, 0.3) is 0 Å². The molecule has 12 aromatic rings. The minimum atomic E-state index is -0.476. The molecule has 1 unspecified atom stereocenters. The van der Waals surface area contributed by atoms with Gasteiger partial charge in [0.15, 0.2) is 0 Å². The summed E-state index contributed by atoms with van der Waals surface area (Å²) in [4.78, 5) is 15.2. The van der Waals surface area contributed by atoms with Crippen LogP contribution in [0.4, 0.5) is 5.69 Å². The number of aryl methyl sites for hydroxylation is 1. The van der Waals surface area contributed by atoms with Crippen LogP contribution in [0.5, 0.6) is 0 Å². The fraction of sp³-hybridized carbons (Fsp3) is 0.0735. The molecule has 0 amide bonds. The number of aliphatic imine (C=N–C) groups is 1. The number of aromatic nitrogens is 2. The summed E-state index contributed by atoms with van der Waals surface area (Å²) in [6.07, 6.45) is 11.4. The second-order valence-electron chi connectivity index (χ2n) is 19.6. The molecule has 0 spiro atoms. The Morgan fingerprint density at radius 2 is 1.20 bits per heavy atom. The third kappa shape index (κ3) is 5.93. The Kier molecular flexibility index (Phi) is 8.83. The second kappa shape index (κ2) is 15.6. The van der Waals surface area contributed by atoms with Gasteiger partial charge >= 0.3 is 0 Å². The van der Waals surface area contributed by atoms with Gasteiger partial charge < -0.3 is 0 Å².